The molecule has 1 aliphatic rings. The first kappa shape index (κ1) is 18.3. The monoisotopic (exact) mass is 353 g/mol. The van der Waals surface area contributed by atoms with Gasteiger partial charge in [-0.25, -0.2) is 9.97 Å². The summed E-state index contributed by atoms with van der Waals surface area (Å²) in [5.41, 5.74) is 4.10. The molecule has 1 fully saturated rings. The molecule has 2 heterocycles. The number of piperazine rings is 1. The van der Waals surface area contributed by atoms with Crippen molar-refractivity contribution in [3.05, 3.63) is 47.3 Å². The molecule has 3 rings (SSSR count). The van der Waals surface area contributed by atoms with Crippen LogP contribution in [-0.2, 0) is 12.8 Å². The number of para-hydroxylation sites is 1. The Kier molecular flexibility index (Phi) is 5.83. The first-order valence-corrected chi connectivity index (χ1v) is 9.30. The Balaban J connectivity index is 1.73. The summed E-state index contributed by atoms with van der Waals surface area (Å²) < 4.78 is 0. The van der Waals surface area contributed by atoms with Crippen LogP contribution in [0.1, 0.15) is 35.3 Å². The molecule has 0 radical (unpaired) electrons. The van der Waals surface area contributed by atoms with Crippen LogP contribution >= 0.6 is 0 Å². The zero-order valence-electron chi connectivity index (χ0n) is 15.8. The average Bonchev–Trinajstić information content (AvgIpc) is 2.68. The lowest BCUT2D eigenvalue weighted by Crippen LogP contribution is -2.47. The van der Waals surface area contributed by atoms with Crippen molar-refractivity contribution in [3.8, 4) is 0 Å². The van der Waals surface area contributed by atoms with E-state index in [1.54, 1.807) is 12.4 Å². The first-order valence-electron chi connectivity index (χ1n) is 9.30. The van der Waals surface area contributed by atoms with E-state index in [9.17, 15) is 4.79 Å². The van der Waals surface area contributed by atoms with Gasteiger partial charge in [0, 0.05) is 44.3 Å². The molecule has 0 atom stereocenters. The van der Waals surface area contributed by atoms with Gasteiger partial charge in [0.15, 0.2) is 0 Å². The van der Waals surface area contributed by atoms with Crippen LogP contribution in [0.5, 0.6) is 0 Å². The average molecular weight is 353 g/mol. The van der Waals surface area contributed by atoms with E-state index >= 15 is 0 Å². The molecule has 1 amide bonds. The minimum absolute atomic E-state index is 0.00727. The molecule has 6 nitrogen and oxygen atoms in total. The van der Waals surface area contributed by atoms with E-state index in [1.807, 2.05) is 4.90 Å². The van der Waals surface area contributed by atoms with E-state index in [0.29, 0.717) is 11.5 Å². The van der Waals surface area contributed by atoms with E-state index in [1.165, 1.54) is 11.1 Å². The molecule has 0 spiro atoms. The topological polar surface area (TPSA) is 61.4 Å². The van der Waals surface area contributed by atoms with Crippen molar-refractivity contribution in [2.75, 3.05) is 38.5 Å². The maximum Gasteiger partial charge on any atom is 0.257 e. The fourth-order valence-corrected chi connectivity index (χ4v) is 3.21. The van der Waals surface area contributed by atoms with Gasteiger partial charge in [0.25, 0.3) is 5.91 Å². The summed E-state index contributed by atoms with van der Waals surface area (Å²) in [4.78, 5) is 25.4. The highest BCUT2D eigenvalue weighted by atomic mass is 16.2. The molecular formula is C20H27N5O. The highest BCUT2D eigenvalue weighted by molar-refractivity contribution is 5.93. The number of rotatable bonds is 5. The fraction of sp³-hybridized carbons (Fsp3) is 0.450. The zero-order chi connectivity index (χ0) is 18.5. The number of amides is 1. The molecule has 1 aromatic heterocycles. The largest absolute Gasteiger partial charge is 0.336 e. The molecule has 138 valence electrons. The number of carbonyl (C=O) groups is 1. The third-order valence-electron chi connectivity index (χ3n) is 4.92. The Morgan fingerprint density at radius 3 is 2.15 bits per heavy atom. The van der Waals surface area contributed by atoms with Crippen LogP contribution in [-0.4, -0.2) is 58.9 Å². The summed E-state index contributed by atoms with van der Waals surface area (Å²) >= 11 is 0. The van der Waals surface area contributed by atoms with Gasteiger partial charge in [-0.3, -0.25) is 4.79 Å². The van der Waals surface area contributed by atoms with E-state index in [-0.39, 0.29) is 5.91 Å². The number of hydrogen-bond acceptors (Lipinski definition) is 5. The summed E-state index contributed by atoms with van der Waals surface area (Å²) in [7, 11) is 2.07. The van der Waals surface area contributed by atoms with Gasteiger partial charge in [-0.2, -0.15) is 0 Å². The van der Waals surface area contributed by atoms with Crippen molar-refractivity contribution in [1.29, 1.82) is 0 Å². The lowest BCUT2D eigenvalue weighted by molar-refractivity contribution is 0.0663. The number of anilines is 2. The van der Waals surface area contributed by atoms with E-state index < -0.39 is 0 Å². The number of nitrogens with one attached hydrogen (secondary N) is 1. The Labute approximate surface area is 155 Å². The summed E-state index contributed by atoms with van der Waals surface area (Å²) in [5, 5.41) is 3.34. The van der Waals surface area contributed by atoms with E-state index in [0.717, 1.165) is 44.7 Å². The van der Waals surface area contributed by atoms with Crippen LogP contribution in [0.3, 0.4) is 0 Å². The van der Waals surface area contributed by atoms with Gasteiger partial charge in [-0.15, -0.1) is 0 Å². The van der Waals surface area contributed by atoms with Crippen molar-refractivity contribution in [3.63, 3.8) is 0 Å². The van der Waals surface area contributed by atoms with Crippen molar-refractivity contribution in [1.82, 2.24) is 19.8 Å². The highest BCUT2D eigenvalue weighted by Crippen LogP contribution is 2.25. The lowest BCUT2D eigenvalue weighted by atomic mass is 10.0. The number of hydrogen-bond donors (Lipinski definition) is 1. The molecule has 1 N–H and O–H groups in total. The van der Waals surface area contributed by atoms with Crippen LogP contribution in [0.4, 0.5) is 11.6 Å². The Bertz CT molecular complexity index is 729. The third-order valence-corrected chi connectivity index (χ3v) is 4.92. The van der Waals surface area contributed by atoms with Gasteiger partial charge < -0.3 is 15.1 Å². The number of carbonyl (C=O) groups excluding carboxylic acids is 1. The van der Waals surface area contributed by atoms with Crippen molar-refractivity contribution >= 4 is 17.5 Å². The highest BCUT2D eigenvalue weighted by Gasteiger charge is 2.21. The summed E-state index contributed by atoms with van der Waals surface area (Å²) in [5.74, 6) is 0.531. The SMILES string of the molecule is CCc1cccc(CC)c1Nc1ncc(C(=O)N2CCN(C)CC2)cn1. The minimum atomic E-state index is 0.00727. The molecular weight excluding hydrogens is 326 g/mol. The Morgan fingerprint density at radius 1 is 1.04 bits per heavy atom. The van der Waals surface area contributed by atoms with Gasteiger partial charge in [-0.1, -0.05) is 32.0 Å². The minimum Gasteiger partial charge on any atom is -0.336 e. The predicted octanol–water partition coefficient (Wildman–Crippen LogP) is 2.73. The molecule has 1 aromatic carbocycles. The molecule has 0 bridgehead atoms. The second-order valence-electron chi connectivity index (χ2n) is 6.67. The predicted molar refractivity (Wildman–Crippen MR) is 104 cm³/mol. The van der Waals surface area contributed by atoms with Crippen LogP contribution in [0.15, 0.2) is 30.6 Å². The van der Waals surface area contributed by atoms with Crippen molar-refractivity contribution < 1.29 is 4.79 Å². The molecule has 0 aliphatic carbocycles. The van der Waals surface area contributed by atoms with Crippen LogP contribution in [0.2, 0.25) is 0 Å². The standard InChI is InChI=1S/C20H27N5O/c1-4-15-7-6-8-16(5-2)18(15)23-20-21-13-17(14-22-20)19(26)25-11-9-24(3)10-12-25/h6-8,13-14H,4-5,9-12H2,1-3H3,(H,21,22,23). The van der Waals surface area contributed by atoms with Gasteiger partial charge in [0.1, 0.15) is 0 Å². The van der Waals surface area contributed by atoms with Crippen LogP contribution in [0.25, 0.3) is 0 Å². The molecule has 26 heavy (non-hydrogen) atoms. The van der Waals surface area contributed by atoms with Crippen LogP contribution in [0, 0.1) is 0 Å². The van der Waals surface area contributed by atoms with Crippen molar-refractivity contribution in [2.45, 2.75) is 26.7 Å². The fourth-order valence-electron chi connectivity index (χ4n) is 3.21. The van der Waals surface area contributed by atoms with E-state index in [4.69, 9.17) is 0 Å². The normalized spacial score (nSPS) is 15.1. The molecule has 2 aromatic rings. The second kappa shape index (κ2) is 8.27. The van der Waals surface area contributed by atoms with Gasteiger partial charge in [0.2, 0.25) is 5.95 Å². The smallest absolute Gasteiger partial charge is 0.257 e. The number of aromatic nitrogens is 2. The van der Waals surface area contributed by atoms with Crippen molar-refractivity contribution in [2.24, 2.45) is 0 Å². The lowest BCUT2D eigenvalue weighted by Gasteiger charge is -2.32. The maximum absolute atomic E-state index is 12.6. The Morgan fingerprint density at radius 2 is 1.62 bits per heavy atom. The Hall–Kier alpha value is -2.47. The summed E-state index contributed by atoms with van der Waals surface area (Å²) in [6, 6.07) is 6.32. The molecule has 0 saturated carbocycles. The molecule has 6 heteroatoms. The number of benzene rings is 1. The van der Waals surface area contributed by atoms with Gasteiger partial charge >= 0.3 is 0 Å². The van der Waals surface area contributed by atoms with Gasteiger partial charge in [0.05, 0.1) is 5.56 Å². The summed E-state index contributed by atoms with van der Waals surface area (Å²) in [6.07, 6.45) is 5.12. The maximum atomic E-state index is 12.6. The number of aryl methyl sites for hydroxylation is 2. The molecule has 1 saturated heterocycles. The molecule has 0 unspecified atom stereocenters. The first-order chi connectivity index (χ1) is 12.6. The summed E-state index contributed by atoms with van der Waals surface area (Å²) in [6.45, 7) is 7.58. The zero-order valence-corrected chi connectivity index (χ0v) is 15.8. The number of nitrogens with zero attached hydrogens (tertiary/aromatic N) is 4. The molecule has 1 aliphatic heterocycles. The van der Waals surface area contributed by atoms with Gasteiger partial charge in [-0.05, 0) is 31.0 Å². The number of likely N-dealkylation sites (N-methyl/N-ethyl adjacent to an activating group) is 1. The van der Waals surface area contributed by atoms with E-state index in [2.05, 4.69) is 59.3 Å². The second-order valence-corrected chi connectivity index (χ2v) is 6.67. The van der Waals surface area contributed by atoms with Crippen LogP contribution < -0.4 is 5.32 Å². The third kappa shape index (κ3) is 4.02. The quantitative estimate of drug-likeness (QED) is 0.896.